The zero-order valence-corrected chi connectivity index (χ0v) is 16.8. The second-order valence-corrected chi connectivity index (χ2v) is 9.13. The highest BCUT2D eigenvalue weighted by Crippen LogP contribution is 2.27. The van der Waals surface area contributed by atoms with Crippen LogP contribution in [0, 0.1) is 4.77 Å². The Morgan fingerprint density at radius 1 is 1.42 bits per heavy atom. The molecule has 0 unspecified atom stereocenters. The highest BCUT2D eigenvalue weighted by molar-refractivity contribution is 7.89. The Morgan fingerprint density at radius 2 is 2.15 bits per heavy atom. The molecule has 142 valence electrons. The molecular formula is C15H21N5O3S3. The number of carbonyl (C=O) groups is 1. The molecule has 1 amide bonds. The van der Waals surface area contributed by atoms with Gasteiger partial charge in [-0.15, -0.1) is 11.3 Å². The van der Waals surface area contributed by atoms with Crippen molar-refractivity contribution >= 4 is 39.5 Å². The zero-order chi connectivity index (χ0) is 18.7. The molecule has 26 heavy (non-hydrogen) atoms. The topological polar surface area (TPSA) is 100 Å². The summed E-state index contributed by atoms with van der Waals surface area (Å²) in [5, 5.41) is 11.3. The summed E-state index contributed by atoms with van der Waals surface area (Å²) >= 11 is 6.28. The summed E-state index contributed by atoms with van der Waals surface area (Å²) < 4.78 is 29.3. The molecule has 0 aliphatic carbocycles. The maximum absolute atomic E-state index is 12.7. The quantitative estimate of drug-likeness (QED) is 0.672. The summed E-state index contributed by atoms with van der Waals surface area (Å²) in [5.74, 6) is 0.379. The number of hydrogen-bond acceptors (Lipinski definition) is 6. The first-order valence-corrected chi connectivity index (χ1v) is 11.2. The Hall–Kier alpha value is -1.56. The number of sulfonamides is 1. The van der Waals surface area contributed by atoms with E-state index >= 15 is 0 Å². The summed E-state index contributed by atoms with van der Waals surface area (Å²) in [6.07, 6.45) is 2.22. The van der Waals surface area contributed by atoms with E-state index in [4.69, 9.17) is 12.2 Å². The average molecular weight is 416 g/mol. The number of thiophene rings is 1. The van der Waals surface area contributed by atoms with Gasteiger partial charge in [0, 0.05) is 32.6 Å². The third-order valence-corrected chi connectivity index (χ3v) is 7.60. The molecule has 1 aliphatic heterocycles. The van der Waals surface area contributed by atoms with E-state index < -0.39 is 10.0 Å². The number of H-pyrrole nitrogens is 1. The lowest BCUT2D eigenvalue weighted by molar-refractivity contribution is 0.0955. The lowest BCUT2D eigenvalue weighted by Crippen LogP contribution is -2.31. The van der Waals surface area contributed by atoms with Crippen molar-refractivity contribution in [3.63, 3.8) is 0 Å². The average Bonchev–Trinajstić information content (AvgIpc) is 3.36. The number of amides is 1. The van der Waals surface area contributed by atoms with Crippen LogP contribution in [-0.4, -0.2) is 53.0 Å². The van der Waals surface area contributed by atoms with Gasteiger partial charge < -0.3 is 9.88 Å². The van der Waals surface area contributed by atoms with E-state index in [0.717, 1.165) is 30.0 Å². The van der Waals surface area contributed by atoms with E-state index in [-0.39, 0.29) is 15.7 Å². The Balaban J connectivity index is 1.68. The van der Waals surface area contributed by atoms with Gasteiger partial charge in [-0.1, -0.05) is 0 Å². The van der Waals surface area contributed by atoms with Crippen LogP contribution < -0.4 is 5.32 Å². The molecule has 2 aromatic rings. The van der Waals surface area contributed by atoms with Gasteiger partial charge in [0.1, 0.15) is 15.6 Å². The molecule has 3 rings (SSSR count). The minimum atomic E-state index is -3.61. The molecule has 2 N–H and O–H groups in total. The van der Waals surface area contributed by atoms with E-state index in [2.05, 4.69) is 15.5 Å². The lowest BCUT2D eigenvalue weighted by atomic mass is 10.3. The smallest absolute Gasteiger partial charge is 0.262 e. The molecule has 1 saturated heterocycles. The standard InChI is InChI=1S/C15H21N5O3S3/c1-2-20-12(17-18-15(20)24)5-7-16-14(21)13-11(6-10-25-13)26(22,23)19-8-3-4-9-19/h6,10H,2-5,7-9H2,1H3,(H,16,21)(H,18,24). The Morgan fingerprint density at radius 3 is 2.85 bits per heavy atom. The number of rotatable bonds is 7. The second kappa shape index (κ2) is 7.99. The van der Waals surface area contributed by atoms with E-state index in [1.807, 2.05) is 11.5 Å². The summed E-state index contributed by atoms with van der Waals surface area (Å²) in [6.45, 7) is 4.04. The van der Waals surface area contributed by atoms with Gasteiger partial charge in [0.25, 0.3) is 5.91 Å². The summed E-state index contributed by atoms with van der Waals surface area (Å²) in [7, 11) is -3.61. The van der Waals surface area contributed by atoms with Gasteiger partial charge in [0.15, 0.2) is 4.77 Å². The zero-order valence-electron chi connectivity index (χ0n) is 14.4. The normalized spacial score (nSPS) is 15.4. The highest BCUT2D eigenvalue weighted by atomic mass is 32.2. The Kier molecular flexibility index (Phi) is 5.90. The maximum Gasteiger partial charge on any atom is 0.262 e. The van der Waals surface area contributed by atoms with Gasteiger partial charge >= 0.3 is 0 Å². The molecule has 0 aromatic carbocycles. The molecule has 11 heteroatoms. The van der Waals surface area contributed by atoms with Crippen molar-refractivity contribution < 1.29 is 13.2 Å². The summed E-state index contributed by atoms with van der Waals surface area (Å²) in [4.78, 5) is 12.8. The number of nitrogens with zero attached hydrogens (tertiary/aromatic N) is 3. The van der Waals surface area contributed by atoms with Crippen LogP contribution in [0.2, 0.25) is 0 Å². The first-order chi connectivity index (χ1) is 12.4. The first kappa shape index (κ1) is 19.2. The van der Waals surface area contributed by atoms with Gasteiger partial charge in [-0.25, -0.2) is 8.42 Å². The van der Waals surface area contributed by atoms with Crippen molar-refractivity contribution in [2.24, 2.45) is 0 Å². The molecule has 1 aliphatic rings. The molecule has 0 radical (unpaired) electrons. The van der Waals surface area contributed by atoms with Crippen LogP contribution in [0.3, 0.4) is 0 Å². The number of nitrogens with one attached hydrogen (secondary N) is 2. The SMILES string of the molecule is CCn1c(CCNC(=O)c2sccc2S(=O)(=O)N2CCCC2)n[nH]c1=S. The minimum Gasteiger partial charge on any atom is -0.351 e. The minimum absolute atomic E-state index is 0.0955. The van der Waals surface area contributed by atoms with E-state index in [1.165, 1.54) is 10.4 Å². The van der Waals surface area contributed by atoms with Crippen molar-refractivity contribution in [3.8, 4) is 0 Å². The van der Waals surface area contributed by atoms with Gasteiger partial charge in [-0.05, 0) is 43.4 Å². The van der Waals surface area contributed by atoms with Crippen LogP contribution in [-0.2, 0) is 23.0 Å². The van der Waals surface area contributed by atoms with Crippen LogP contribution in [0.15, 0.2) is 16.3 Å². The fourth-order valence-electron chi connectivity index (χ4n) is 2.97. The van der Waals surface area contributed by atoms with Gasteiger partial charge in [0.05, 0.1) is 0 Å². The van der Waals surface area contributed by atoms with E-state index in [0.29, 0.717) is 37.4 Å². The predicted octanol–water partition coefficient (Wildman–Crippen LogP) is 1.78. The van der Waals surface area contributed by atoms with Gasteiger partial charge in [-0.3, -0.25) is 9.89 Å². The van der Waals surface area contributed by atoms with E-state index in [9.17, 15) is 13.2 Å². The van der Waals surface area contributed by atoms with Crippen molar-refractivity contribution in [3.05, 3.63) is 26.9 Å². The molecule has 2 aromatic heterocycles. The third kappa shape index (κ3) is 3.75. The molecule has 3 heterocycles. The first-order valence-electron chi connectivity index (χ1n) is 8.45. The Bertz CT molecular complexity index is 938. The van der Waals surface area contributed by atoms with Crippen molar-refractivity contribution in [1.82, 2.24) is 24.4 Å². The largest absolute Gasteiger partial charge is 0.351 e. The monoisotopic (exact) mass is 415 g/mol. The number of aromatic nitrogens is 3. The van der Waals surface area contributed by atoms with Crippen LogP contribution >= 0.6 is 23.6 Å². The molecule has 0 saturated carbocycles. The predicted molar refractivity (Wildman–Crippen MR) is 101 cm³/mol. The van der Waals surface area contributed by atoms with E-state index in [1.54, 1.807) is 5.38 Å². The highest BCUT2D eigenvalue weighted by Gasteiger charge is 2.31. The maximum atomic E-state index is 12.7. The molecule has 0 atom stereocenters. The molecular weight excluding hydrogens is 394 g/mol. The molecule has 1 fully saturated rings. The van der Waals surface area contributed by atoms with Crippen molar-refractivity contribution in [1.29, 1.82) is 0 Å². The number of aromatic amines is 1. The second-order valence-electron chi connectivity index (χ2n) is 5.92. The summed E-state index contributed by atoms with van der Waals surface area (Å²) in [5.41, 5.74) is 0. The van der Waals surface area contributed by atoms with Crippen molar-refractivity contribution in [2.75, 3.05) is 19.6 Å². The van der Waals surface area contributed by atoms with Crippen LogP contribution in [0.5, 0.6) is 0 Å². The number of hydrogen-bond donors (Lipinski definition) is 2. The van der Waals surface area contributed by atoms with Crippen LogP contribution in [0.1, 0.15) is 35.3 Å². The molecule has 0 bridgehead atoms. The van der Waals surface area contributed by atoms with Crippen molar-refractivity contribution in [2.45, 2.75) is 37.6 Å². The molecule has 0 spiro atoms. The lowest BCUT2D eigenvalue weighted by Gasteiger charge is -2.15. The fourth-order valence-corrected chi connectivity index (χ4v) is 6.08. The third-order valence-electron chi connectivity index (χ3n) is 4.31. The van der Waals surface area contributed by atoms with Crippen LogP contribution in [0.4, 0.5) is 0 Å². The van der Waals surface area contributed by atoms with Gasteiger partial charge in [0.2, 0.25) is 10.0 Å². The fraction of sp³-hybridized carbons (Fsp3) is 0.533. The number of carbonyl (C=O) groups excluding carboxylic acids is 1. The molecule has 8 nitrogen and oxygen atoms in total. The van der Waals surface area contributed by atoms with Crippen LogP contribution in [0.25, 0.3) is 0 Å². The summed E-state index contributed by atoms with van der Waals surface area (Å²) in [6, 6.07) is 1.51. The van der Waals surface area contributed by atoms with Gasteiger partial charge in [-0.2, -0.15) is 9.40 Å². The Labute approximate surface area is 161 Å².